The van der Waals surface area contributed by atoms with Crippen LogP contribution in [0.3, 0.4) is 0 Å². The normalized spacial score (nSPS) is 23.5. The highest BCUT2D eigenvalue weighted by Crippen LogP contribution is 2.33. The van der Waals surface area contributed by atoms with Gasteiger partial charge in [-0.2, -0.15) is 0 Å². The third-order valence-electron chi connectivity index (χ3n) is 6.99. The lowest BCUT2D eigenvalue weighted by Gasteiger charge is -2.28. The summed E-state index contributed by atoms with van der Waals surface area (Å²) in [5, 5.41) is 16.0. The van der Waals surface area contributed by atoms with Crippen LogP contribution in [0.1, 0.15) is 25.8 Å². The number of aliphatic hydroxyl groups is 1. The van der Waals surface area contributed by atoms with Crippen LogP contribution in [0.15, 0.2) is 59.5 Å². The first-order valence-corrected chi connectivity index (χ1v) is 14.4. The second kappa shape index (κ2) is 12.4. The molecule has 11 heteroatoms. The molecule has 5 N–H and O–H groups in total. The molecule has 1 unspecified atom stereocenters. The quantitative estimate of drug-likeness (QED) is 0.310. The van der Waals surface area contributed by atoms with Crippen molar-refractivity contribution < 1.29 is 32.5 Å². The molecule has 2 heterocycles. The first-order valence-electron chi connectivity index (χ1n) is 12.9. The Hall–Kier alpha value is -2.70. The Morgan fingerprint density at radius 3 is 2.53 bits per heavy atom. The number of amides is 1. The maximum absolute atomic E-state index is 13.3. The molecule has 0 saturated carbocycles. The molecule has 208 valence electrons. The number of benzene rings is 2. The zero-order valence-electron chi connectivity index (χ0n) is 21.7. The van der Waals surface area contributed by atoms with Gasteiger partial charge in [-0.1, -0.05) is 44.2 Å². The van der Waals surface area contributed by atoms with E-state index in [0.29, 0.717) is 18.7 Å². The molecule has 2 aliphatic rings. The summed E-state index contributed by atoms with van der Waals surface area (Å²) < 4.78 is 43.3. The van der Waals surface area contributed by atoms with Crippen molar-refractivity contribution in [1.82, 2.24) is 10.6 Å². The number of hydrogen-bond acceptors (Lipinski definition) is 9. The van der Waals surface area contributed by atoms with Gasteiger partial charge >= 0.3 is 6.09 Å². The third-order valence-corrected chi connectivity index (χ3v) is 9.30. The summed E-state index contributed by atoms with van der Waals surface area (Å²) >= 11 is 0. The van der Waals surface area contributed by atoms with Gasteiger partial charge in [0.15, 0.2) is 16.1 Å². The number of nitrogens with one attached hydrogen (secondary N) is 2. The number of anilines is 1. The van der Waals surface area contributed by atoms with Crippen LogP contribution in [0.25, 0.3) is 0 Å². The van der Waals surface area contributed by atoms with E-state index in [0.717, 1.165) is 12.0 Å². The molecule has 2 aliphatic heterocycles. The molecular weight excluding hydrogens is 510 g/mol. The first kappa shape index (κ1) is 28.3. The van der Waals surface area contributed by atoms with Crippen LogP contribution in [0, 0.1) is 11.8 Å². The Morgan fingerprint density at radius 2 is 1.84 bits per heavy atom. The first-order chi connectivity index (χ1) is 18.1. The minimum Gasteiger partial charge on any atom is -0.443 e. The molecule has 0 aliphatic carbocycles. The van der Waals surface area contributed by atoms with Gasteiger partial charge in [-0.05, 0) is 48.6 Å². The Morgan fingerprint density at radius 1 is 1.13 bits per heavy atom. The topological polar surface area (TPSA) is 149 Å². The molecule has 4 rings (SSSR count). The summed E-state index contributed by atoms with van der Waals surface area (Å²) in [5.74, 6) is -0.301. The lowest BCUT2D eigenvalue weighted by molar-refractivity contribution is -0.0907. The maximum Gasteiger partial charge on any atom is 0.407 e. The van der Waals surface area contributed by atoms with Crippen LogP contribution in [0.4, 0.5) is 10.5 Å². The minimum atomic E-state index is -3.76. The Balaban J connectivity index is 1.43. The molecular formula is C27H37N3O7S. The molecule has 2 aromatic carbocycles. The van der Waals surface area contributed by atoms with Crippen molar-refractivity contribution in [2.24, 2.45) is 11.8 Å². The van der Waals surface area contributed by atoms with E-state index < -0.39 is 39.6 Å². The zero-order valence-corrected chi connectivity index (χ0v) is 22.5. The summed E-state index contributed by atoms with van der Waals surface area (Å²) in [6.45, 7) is 4.34. The van der Waals surface area contributed by atoms with Crippen LogP contribution >= 0.6 is 0 Å². The average molecular weight is 548 g/mol. The van der Waals surface area contributed by atoms with Crippen molar-refractivity contribution in [2.75, 3.05) is 25.5 Å². The number of alkyl carbamates (subject to hydrolysis) is 1. The highest BCUT2D eigenvalue weighted by Gasteiger charge is 2.44. The molecule has 2 fully saturated rings. The number of sulfone groups is 1. The molecule has 0 aromatic heterocycles. The van der Waals surface area contributed by atoms with Crippen molar-refractivity contribution in [2.45, 2.75) is 61.5 Å². The number of nitrogen functional groups attached to an aromatic ring is 1. The van der Waals surface area contributed by atoms with Crippen LogP contribution in [0.5, 0.6) is 0 Å². The van der Waals surface area contributed by atoms with E-state index in [-0.39, 0.29) is 36.2 Å². The van der Waals surface area contributed by atoms with E-state index in [2.05, 4.69) is 10.6 Å². The predicted molar refractivity (Wildman–Crippen MR) is 142 cm³/mol. The number of rotatable bonds is 11. The van der Waals surface area contributed by atoms with Gasteiger partial charge in [0.2, 0.25) is 0 Å². The Bertz CT molecular complexity index is 1160. The largest absolute Gasteiger partial charge is 0.443 e. The third kappa shape index (κ3) is 6.83. The fourth-order valence-electron chi connectivity index (χ4n) is 4.91. The second-order valence-corrected chi connectivity index (χ2v) is 12.2. The summed E-state index contributed by atoms with van der Waals surface area (Å²) in [6, 6.07) is 14.7. The molecule has 38 heavy (non-hydrogen) atoms. The average Bonchev–Trinajstić information content (AvgIpc) is 3.49. The van der Waals surface area contributed by atoms with E-state index in [1.807, 2.05) is 30.3 Å². The van der Waals surface area contributed by atoms with E-state index >= 15 is 0 Å². The summed E-state index contributed by atoms with van der Waals surface area (Å²) in [6.07, 6.45) is -1.47. The van der Waals surface area contributed by atoms with Crippen LogP contribution in [0.2, 0.25) is 0 Å². The van der Waals surface area contributed by atoms with E-state index in [4.69, 9.17) is 19.9 Å². The van der Waals surface area contributed by atoms with Gasteiger partial charge in [0, 0.05) is 12.2 Å². The van der Waals surface area contributed by atoms with Gasteiger partial charge in [-0.25, -0.2) is 13.2 Å². The molecule has 0 spiro atoms. The summed E-state index contributed by atoms with van der Waals surface area (Å²) in [7, 11) is -3.76. The van der Waals surface area contributed by atoms with Gasteiger partial charge in [0.05, 0.1) is 36.2 Å². The highest BCUT2D eigenvalue weighted by atomic mass is 32.2. The Kier molecular flexibility index (Phi) is 9.27. The van der Waals surface area contributed by atoms with Crippen molar-refractivity contribution in [3.05, 3.63) is 60.2 Å². The lowest BCUT2D eigenvalue weighted by atomic mass is 10.0. The van der Waals surface area contributed by atoms with Gasteiger partial charge < -0.3 is 30.4 Å². The number of nitrogens with two attached hydrogens (primary N) is 1. The molecule has 2 aromatic rings. The Labute approximate surface area is 223 Å². The molecule has 0 radical (unpaired) electrons. The van der Waals surface area contributed by atoms with Gasteiger partial charge in [0.1, 0.15) is 11.5 Å². The minimum absolute atomic E-state index is 0.00902. The number of carbonyl (C=O) groups is 1. The number of carbonyl (C=O) groups excluding carboxylic acids is 1. The van der Waals surface area contributed by atoms with Gasteiger partial charge in [-0.3, -0.25) is 5.32 Å². The van der Waals surface area contributed by atoms with E-state index in [9.17, 15) is 18.3 Å². The smallest absolute Gasteiger partial charge is 0.407 e. The van der Waals surface area contributed by atoms with Crippen molar-refractivity contribution in [1.29, 1.82) is 0 Å². The number of ether oxygens (including phenoxy) is 3. The predicted octanol–water partition coefficient (Wildman–Crippen LogP) is 2.07. The number of hydrogen-bond donors (Lipinski definition) is 4. The molecule has 1 amide bonds. The fraction of sp³-hybridized carbons (Fsp3) is 0.519. The van der Waals surface area contributed by atoms with Gasteiger partial charge in [0.25, 0.3) is 0 Å². The van der Waals surface area contributed by atoms with Crippen molar-refractivity contribution in [3.63, 3.8) is 0 Å². The molecule has 0 bridgehead atoms. The highest BCUT2D eigenvalue weighted by molar-refractivity contribution is 7.92. The van der Waals surface area contributed by atoms with E-state index in [1.54, 1.807) is 26.0 Å². The van der Waals surface area contributed by atoms with Crippen LogP contribution in [-0.2, 0) is 30.5 Å². The monoisotopic (exact) mass is 547 g/mol. The van der Waals surface area contributed by atoms with Crippen LogP contribution < -0.4 is 16.4 Å². The van der Waals surface area contributed by atoms with E-state index in [1.165, 1.54) is 12.1 Å². The summed E-state index contributed by atoms with van der Waals surface area (Å²) in [4.78, 5) is 13.0. The molecule has 10 nitrogen and oxygen atoms in total. The van der Waals surface area contributed by atoms with Crippen LogP contribution in [-0.4, -0.2) is 69.3 Å². The molecule has 6 atom stereocenters. The standard InChI is InChI=1S/C27H37N3O7S/c1-17(2)25(38(33,34)20-10-8-19(28)9-11-20)29-15-23(31)22(14-18-6-4-3-5-7-18)30-27(32)37-24-16-36-26-21(24)12-13-35-26/h3-11,17,21-26,29,31H,12-16,28H2,1-2H3,(H,30,32)/t21-,22-,23+,24-,25?,26+/m0/s1. The molecule has 2 saturated heterocycles. The lowest BCUT2D eigenvalue weighted by Crippen LogP contribution is -2.52. The fourth-order valence-corrected chi connectivity index (χ4v) is 6.75. The zero-order chi connectivity index (χ0) is 27.3. The van der Waals surface area contributed by atoms with Gasteiger partial charge in [-0.15, -0.1) is 0 Å². The SMILES string of the molecule is CC(C)C(NC[C@@H](O)[C@H](Cc1ccccc1)NC(=O)O[C@H]1CO[C@H]2OCC[C@H]21)S(=O)(=O)c1ccc(N)cc1. The van der Waals surface area contributed by atoms with Crippen molar-refractivity contribution >= 4 is 21.6 Å². The summed E-state index contributed by atoms with van der Waals surface area (Å²) in [5.41, 5.74) is 7.09. The second-order valence-electron chi connectivity index (χ2n) is 10.2. The maximum atomic E-state index is 13.3. The number of fused-ring (bicyclic) bond motifs is 1. The number of aliphatic hydroxyl groups excluding tert-OH is 1. The van der Waals surface area contributed by atoms with Crippen molar-refractivity contribution in [3.8, 4) is 0 Å².